The van der Waals surface area contributed by atoms with Gasteiger partial charge in [-0.3, -0.25) is 0 Å². The molecule has 0 fully saturated rings. The van der Waals surface area contributed by atoms with E-state index in [1.54, 1.807) is 12.1 Å². The monoisotopic (exact) mass is 315 g/mol. The minimum absolute atomic E-state index is 0.131. The molecule has 1 aromatic heterocycles. The summed E-state index contributed by atoms with van der Waals surface area (Å²) in [5.74, 6) is -1.82. The number of oxazole rings is 1. The van der Waals surface area contributed by atoms with E-state index in [9.17, 15) is 13.6 Å². The van der Waals surface area contributed by atoms with Crippen LogP contribution in [-0.2, 0) is 6.42 Å². The first-order valence-electron chi connectivity index (χ1n) is 6.75. The molecule has 0 aliphatic carbocycles. The Balaban J connectivity index is 1.80. The predicted octanol–water partition coefficient (Wildman–Crippen LogP) is 3.91. The highest BCUT2D eigenvalue weighted by atomic mass is 19.1. The Bertz CT molecular complexity index is 857. The van der Waals surface area contributed by atoms with Crippen LogP contribution >= 0.6 is 0 Å². The molecule has 1 N–H and O–H groups in total. The molecule has 0 spiro atoms. The number of carboxylic acid groups (broad SMARTS) is 1. The van der Waals surface area contributed by atoms with Crippen molar-refractivity contribution in [3.8, 4) is 11.3 Å². The summed E-state index contributed by atoms with van der Waals surface area (Å²) < 4.78 is 32.1. The fraction of sp³-hybridized carbons (Fsp3) is 0.0588. The SMILES string of the molecule is O=C(O)c1ccc(Cc2ncc(-c3ccc(F)cc3F)o2)cc1. The van der Waals surface area contributed by atoms with Gasteiger partial charge in [0.25, 0.3) is 0 Å². The third-order valence-corrected chi connectivity index (χ3v) is 3.31. The van der Waals surface area contributed by atoms with Crippen molar-refractivity contribution in [2.45, 2.75) is 6.42 Å². The fourth-order valence-electron chi connectivity index (χ4n) is 2.15. The Kier molecular flexibility index (Phi) is 3.89. The van der Waals surface area contributed by atoms with Gasteiger partial charge in [0, 0.05) is 12.5 Å². The Morgan fingerprint density at radius 1 is 1.13 bits per heavy atom. The van der Waals surface area contributed by atoms with E-state index < -0.39 is 17.6 Å². The number of rotatable bonds is 4. The van der Waals surface area contributed by atoms with Crippen LogP contribution in [-0.4, -0.2) is 16.1 Å². The van der Waals surface area contributed by atoms with Crippen molar-refractivity contribution in [2.75, 3.05) is 0 Å². The van der Waals surface area contributed by atoms with Crippen LogP contribution in [0.2, 0.25) is 0 Å². The molecule has 6 heteroatoms. The molecule has 1 heterocycles. The molecule has 3 aromatic rings. The lowest BCUT2D eigenvalue weighted by atomic mass is 10.1. The second-order valence-corrected chi connectivity index (χ2v) is 4.92. The molecule has 0 atom stereocenters. The van der Waals surface area contributed by atoms with E-state index in [1.807, 2.05) is 0 Å². The number of nitrogens with zero attached hydrogens (tertiary/aromatic N) is 1. The lowest BCUT2D eigenvalue weighted by Crippen LogP contribution is -1.96. The fourth-order valence-corrected chi connectivity index (χ4v) is 2.15. The van der Waals surface area contributed by atoms with Crippen molar-refractivity contribution in [3.63, 3.8) is 0 Å². The van der Waals surface area contributed by atoms with Crippen molar-refractivity contribution in [3.05, 3.63) is 77.3 Å². The first-order valence-corrected chi connectivity index (χ1v) is 6.75. The zero-order valence-corrected chi connectivity index (χ0v) is 11.8. The maximum Gasteiger partial charge on any atom is 0.335 e. The van der Waals surface area contributed by atoms with Gasteiger partial charge in [0.05, 0.1) is 17.3 Å². The third kappa shape index (κ3) is 3.26. The number of carbonyl (C=O) groups is 1. The quantitative estimate of drug-likeness (QED) is 0.793. The van der Waals surface area contributed by atoms with Gasteiger partial charge in [-0.05, 0) is 29.8 Å². The second kappa shape index (κ2) is 6.00. The van der Waals surface area contributed by atoms with Crippen molar-refractivity contribution >= 4 is 5.97 Å². The van der Waals surface area contributed by atoms with Gasteiger partial charge in [-0.15, -0.1) is 0 Å². The average Bonchev–Trinajstić information content (AvgIpc) is 2.96. The first-order chi connectivity index (χ1) is 11.0. The Morgan fingerprint density at radius 3 is 2.52 bits per heavy atom. The molecule has 0 aliphatic rings. The Hall–Kier alpha value is -3.02. The van der Waals surface area contributed by atoms with E-state index >= 15 is 0 Å². The normalized spacial score (nSPS) is 10.7. The Labute approximate surface area is 130 Å². The number of hydrogen-bond donors (Lipinski definition) is 1. The van der Waals surface area contributed by atoms with Gasteiger partial charge in [0.1, 0.15) is 11.6 Å². The van der Waals surface area contributed by atoms with Crippen molar-refractivity contribution < 1.29 is 23.1 Å². The molecule has 0 unspecified atom stereocenters. The molecule has 116 valence electrons. The minimum Gasteiger partial charge on any atom is -0.478 e. The maximum absolute atomic E-state index is 13.7. The van der Waals surface area contributed by atoms with E-state index in [0.717, 1.165) is 17.7 Å². The van der Waals surface area contributed by atoms with Crippen LogP contribution in [0, 0.1) is 11.6 Å². The third-order valence-electron chi connectivity index (χ3n) is 3.31. The van der Waals surface area contributed by atoms with Crippen LogP contribution in [0.15, 0.2) is 53.1 Å². The van der Waals surface area contributed by atoms with Crippen molar-refractivity contribution in [1.29, 1.82) is 0 Å². The molecule has 0 saturated carbocycles. The number of carboxylic acids is 1. The number of hydrogen-bond acceptors (Lipinski definition) is 3. The number of aromatic nitrogens is 1. The van der Waals surface area contributed by atoms with E-state index in [1.165, 1.54) is 24.4 Å². The lowest BCUT2D eigenvalue weighted by Gasteiger charge is -2.00. The van der Waals surface area contributed by atoms with E-state index in [2.05, 4.69) is 4.98 Å². The highest BCUT2D eigenvalue weighted by Crippen LogP contribution is 2.25. The summed E-state index contributed by atoms with van der Waals surface area (Å²) in [7, 11) is 0. The van der Waals surface area contributed by atoms with Crippen LogP contribution in [0.25, 0.3) is 11.3 Å². The zero-order chi connectivity index (χ0) is 16.4. The molecular weight excluding hydrogens is 304 g/mol. The summed E-state index contributed by atoms with van der Waals surface area (Å²) in [6.07, 6.45) is 1.71. The van der Waals surface area contributed by atoms with Gasteiger partial charge in [-0.25, -0.2) is 18.6 Å². The topological polar surface area (TPSA) is 63.3 Å². The molecule has 3 rings (SSSR count). The lowest BCUT2D eigenvalue weighted by molar-refractivity contribution is 0.0697. The second-order valence-electron chi connectivity index (χ2n) is 4.92. The van der Waals surface area contributed by atoms with E-state index in [0.29, 0.717) is 12.3 Å². The first kappa shape index (κ1) is 14.9. The Morgan fingerprint density at radius 2 is 1.87 bits per heavy atom. The summed E-state index contributed by atoms with van der Waals surface area (Å²) in [4.78, 5) is 14.9. The number of aromatic carboxylic acids is 1. The molecule has 2 aromatic carbocycles. The standard InChI is InChI=1S/C17H11F2NO3/c18-12-5-6-13(14(19)8-12)15-9-20-16(23-15)7-10-1-3-11(4-2-10)17(21)22/h1-6,8-9H,7H2,(H,21,22). The molecule has 0 radical (unpaired) electrons. The van der Waals surface area contributed by atoms with E-state index in [-0.39, 0.29) is 16.9 Å². The van der Waals surface area contributed by atoms with Crippen LogP contribution in [0.5, 0.6) is 0 Å². The molecule has 23 heavy (non-hydrogen) atoms. The summed E-state index contributed by atoms with van der Waals surface area (Å²) in [6.45, 7) is 0. The molecular formula is C17H11F2NO3. The average molecular weight is 315 g/mol. The summed E-state index contributed by atoms with van der Waals surface area (Å²) >= 11 is 0. The summed E-state index contributed by atoms with van der Waals surface area (Å²) in [6, 6.07) is 9.50. The van der Waals surface area contributed by atoms with Crippen LogP contribution in [0.3, 0.4) is 0 Å². The van der Waals surface area contributed by atoms with Crippen LogP contribution in [0.4, 0.5) is 8.78 Å². The molecule has 0 bridgehead atoms. The summed E-state index contributed by atoms with van der Waals surface area (Å²) in [5.41, 5.74) is 1.13. The maximum atomic E-state index is 13.7. The van der Waals surface area contributed by atoms with Gasteiger partial charge in [0.2, 0.25) is 0 Å². The van der Waals surface area contributed by atoms with Crippen LogP contribution < -0.4 is 0 Å². The largest absolute Gasteiger partial charge is 0.478 e. The van der Waals surface area contributed by atoms with Crippen molar-refractivity contribution in [1.82, 2.24) is 4.98 Å². The van der Waals surface area contributed by atoms with Gasteiger partial charge in [-0.1, -0.05) is 12.1 Å². The molecule has 0 saturated heterocycles. The molecule has 4 nitrogen and oxygen atoms in total. The number of halogens is 2. The van der Waals surface area contributed by atoms with Gasteiger partial charge in [-0.2, -0.15) is 0 Å². The highest BCUT2D eigenvalue weighted by molar-refractivity contribution is 5.87. The van der Waals surface area contributed by atoms with Crippen LogP contribution in [0.1, 0.15) is 21.8 Å². The molecule has 0 amide bonds. The van der Waals surface area contributed by atoms with Gasteiger partial charge >= 0.3 is 5.97 Å². The highest BCUT2D eigenvalue weighted by Gasteiger charge is 2.12. The summed E-state index contributed by atoms with van der Waals surface area (Å²) in [5, 5.41) is 8.85. The minimum atomic E-state index is -0.998. The van der Waals surface area contributed by atoms with Gasteiger partial charge in [0.15, 0.2) is 11.7 Å². The smallest absolute Gasteiger partial charge is 0.335 e. The number of benzene rings is 2. The predicted molar refractivity (Wildman–Crippen MR) is 78.1 cm³/mol. The van der Waals surface area contributed by atoms with E-state index in [4.69, 9.17) is 9.52 Å². The molecule has 0 aliphatic heterocycles. The zero-order valence-electron chi connectivity index (χ0n) is 11.8. The van der Waals surface area contributed by atoms with Crippen molar-refractivity contribution in [2.24, 2.45) is 0 Å². The van der Waals surface area contributed by atoms with Gasteiger partial charge < -0.3 is 9.52 Å².